The van der Waals surface area contributed by atoms with Gasteiger partial charge in [0, 0.05) is 0 Å². The molecular weight excluding hydrogens is 220 g/mol. The van der Waals surface area contributed by atoms with Gasteiger partial charge in [0.15, 0.2) is 0 Å². The van der Waals surface area contributed by atoms with Gasteiger partial charge in [0.25, 0.3) is 5.91 Å². The van der Waals surface area contributed by atoms with E-state index in [9.17, 15) is 4.79 Å². The van der Waals surface area contributed by atoms with Crippen LogP contribution in [0.15, 0.2) is 36.3 Å². The van der Waals surface area contributed by atoms with Gasteiger partial charge in [0.1, 0.15) is 25.5 Å². The molecule has 0 saturated carbocycles. The molecule has 0 aliphatic carbocycles. The van der Waals surface area contributed by atoms with Crippen molar-refractivity contribution in [3.05, 3.63) is 41.9 Å². The molecule has 1 aliphatic rings. The van der Waals surface area contributed by atoms with Gasteiger partial charge >= 0.3 is 0 Å². The Labute approximate surface area is 98.3 Å². The number of hydrogen-bond acceptors (Lipinski definition) is 4. The van der Waals surface area contributed by atoms with Crippen molar-refractivity contribution in [2.45, 2.75) is 0 Å². The number of nitriles is 1. The summed E-state index contributed by atoms with van der Waals surface area (Å²) in [4.78, 5) is 11.7. The van der Waals surface area contributed by atoms with Crippen LogP contribution in [-0.4, -0.2) is 19.1 Å². The Bertz CT molecular complexity index is 503. The minimum absolute atomic E-state index is 0.115. The van der Waals surface area contributed by atoms with E-state index < -0.39 is 5.91 Å². The Morgan fingerprint density at radius 3 is 2.88 bits per heavy atom. The number of hydrogen-bond donors (Lipinski definition) is 1. The Balaban J connectivity index is 2.13. The maximum absolute atomic E-state index is 11.7. The predicted octanol–water partition coefficient (Wildman–Crippen LogP) is 1.38. The maximum Gasteiger partial charge on any atom is 0.294 e. The highest BCUT2D eigenvalue weighted by Crippen LogP contribution is 2.15. The molecule has 0 radical (unpaired) electrons. The van der Waals surface area contributed by atoms with Crippen LogP contribution in [0, 0.1) is 11.3 Å². The number of rotatable bonds is 2. The second-order valence-corrected chi connectivity index (χ2v) is 3.31. The van der Waals surface area contributed by atoms with Gasteiger partial charge in [0.2, 0.25) is 5.76 Å². The van der Waals surface area contributed by atoms with Crippen molar-refractivity contribution in [2.24, 2.45) is 0 Å². The number of benzene rings is 1. The van der Waals surface area contributed by atoms with E-state index in [1.165, 1.54) is 6.26 Å². The van der Waals surface area contributed by atoms with Crippen molar-refractivity contribution < 1.29 is 14.3 Å². The van der Waals surface area contributed by atoms with E-state index in [2.05, 4.69) is 5.32 Å². The highest BCUT2D eigenvalue weighted by Gasteiger charge is 2.16. The zero-order valence-corrected chi connectivity index (χ0v) is 8.97. The lowest BCUT2D eigenvalue weighted by molar-refractivity contribution is -0.117. The molecule has 1 heterocycles. The summed E-state index contributed by atoms with van der Waals surface area (Å²) in [5.74, 6) is -0.309. The van der Waals surface area contributed by atoms with E-state index in [-0.39, 0.29) is 5.76 Å². The molecule has 5 nitrogen and oxygen atoms in total. The van der Waals surface area contributed by atoms with Crippen LogP contribution in [0.2, 0.25) is 0 Å². The first-order valence-electron chi connectivity index (χ1n) is 5.06. The fourth-order valence-electron chi connectivity index (χ4n) is 1.36. The third-order valence-electron chi connectivity index (χ3n) is 2.17. The van der Waals surface area contributed by atoms with Crippen molar-refractivity contribution in [1.82, 2.24) is 0 Å². The molecule has 0 unspecified atom stereocenters. The molecule has 2 rings (SSSR count). The van der Waals surface area contributed by atoms with Crippen molar-refractivity contribution in [1.29, 1.82) is 5.26 Å². The molecule has 0 spiro atoms. The van der Waals surface area contributed by atoms with Crippen LogP contribution >= 0.6 is 0 Å². The monoisotopic (exact) mass is 230 g/mol. The zero-order valence-electron chi connectivity index (χ0n) is 8.97. The number of para-hydroxylation sites is 1. The second kappa shape index (κ2) is 5.03. The molecule has 1 aromatic rings. The van der Waals surface area contributed by atoms with E-state index in [1.807, 2.05) is 6.07 Å². The van der Waals surface area contributed by atoms with Crippen LogP contribution in [0.25, 0.3) is 0 Å². The predicted molar refractivity (Wildman–Crippen MR) is 59.8 cm³/mol. The average molecular weight is 230 g/mol. The topological polar surface area (TPSA) is 71.4 Å². The molecule has 5 heteroatoms. The van der Waals surface area contributed by atoms with Crippen molar-refractivity contribution in [2.75, 3.05) is 18.5 Å². The van der Waals surface area contributed by atoms with Crippen LogP contribution in [0.4, 0.5) is 5.69 Å². The molecule has 0 fully saturated rings. The SMILES string of the molecule is N#Cc1ccccc1NC(=O)C1=COCCO1. The van der Waals surface area contributed by atoms with E-state index in [1.54, 1.807) is 24.3 Å². The first-order chi connectivity index (χ1) is 8.31. The first kappa shape index (κ1) is 11.0. The van der Waals surface area contributed by atoms with Crippen molar-refractivity contribution in [3.8, 4) is 6.07 Å². The number of carbonyl (C=O) groups is 1. The summed E-state index contributed by atoms with van der Waals surface area (Å²) in [5, 5.41) is 11.5. The van der Waals surface area contributed by atoms with Gasteiger partial charge < -0.3 is 14.8 Å². The summed E-state index contributed by atoms with van der Waals surface area (Å²) in [6.45, 7) is 0.782. The van der Waals surface area contributed by atoms with Gasteiger partial charge in [-0.2, -0.15) is 5.26 Å². The van der Waals surface area contributed by atoms with E-state index >= 15 is 0 Å². The zero-order chi connectivity index (χ0) is 12.1. The molecule has 1 amide bonds. The Hall–Kier alpha value is -2.48. The fourth-order valence-corrected chi connectivity index (χ4v) is 1.36. The first-order valence-corrected chi connectivity index (χ1v) is 5.06. The van der Waals surface area contributed by atoms with Gasteiger partial charge in [-0.3, -0.25) is 4.79 Å². The standard InChI is InChI=1S/C12H10N2O3/c13-7-9-3-1-2-4-10(9)14-12(15)11-8-16-5-6-17-11/h1-4,8H,5-6H2,(H,14,15). The van der Waals surface area contributed by atoms with E-state index in [0.29, 0.717) is 24.5 Å². The average Bonchev–Trinajstić information content (AvgIpc) is 2.40. The summed E-state index contributed by atoms with van der Waals surface area (Å²) in [6, 6.07) is 8.75. The summed E-state index contributed by atoms with van der Waals surface area (Å²) >= 11 is 0. The smallest absolute Gasteiger partial charge is 0.294 e. The van der Waals surface area contributed by atoms with E-state index in [0.717, 1.165) is 0 Å². The molecule has 1 aromatic carbocycles. The normalized spacial score (nSPS) is 13.7. The lowest BCUT2D eigenvalue weighted by Crippen LogP contribution is -2.21. The Morgan fingerprint density at radius 2 is 2.18 bits per heavy atom. The molecule has 0 bridgehead atoms. The van der Waals surface area contributed by atoms with Gasteiger partial charge in [-0.1, -0.05) is 12.1 Å². The summed E-state index contributed by atoms with van der Waals surface area (Å²) < 4.78 is 10.1. The lowest BCUT2D eigenvalue weighted by Gasteiger charge is -2.15. The Morgan fingerprint density at radius 1 is 1.35 bits per heavy atom. The molecule has 0 atom stereocenters. The van der Waals surface area contributed by atoms with Crippen molar-refractivity contribution >= 4 is 11.6 Å². The largest absolute Gasteiger partial charge is 0.494 e. The molecule has 1 aliphatic heterocycles. The number of carbonyl (C=O) groups excluding carboxylic acids is 1. The second-order valence-electron chi connectivity index (χ2n) is 3.31. The fraction of sp³-hybridized carbons (Fsp3) is 0.167. The summed E-state index contributed by atoms with van der Waals surface area (Å²) in [6.07, 6.45) is 1.27. The number of amides is 1. The molecule has 86 valence electrons. The van der Waals surface area contributed by atoms with Crippen molar-refractivity contribution in [3.63, 3.8) is 0 Å². The maximum atomic E-state index is 11.7. The molecule has 0 saturated heterocycles. The van der Waals surface area contributed by atoms with E-state index in [4.69, 9.17) is 14.7 Å². The highest BCUT2D eigenvalue weighted by atomic mass is 16.6. The minimum Gasteiger partial charge on any atom is -0.494 e. The highest BCUT2D eigenvalue weighted by molar-refractivity contribution is 6.02. The molecule has 0 aromatic heterocycles. The number of ether oxygens (including phenoxy) is 2. The molecular formula is C12H10N2O3. The van der Waals surface area contributed by atoms with Crippen LogP contribution in [0.3, 0.4) is 0 Å². The Kier molecular flexibility index (Phi) is 3.26. The number of nitrogens with zero attached hydrogens (tertiary/aromatic N) is 1. The molecule has 1 N–H and O–H groups in total. The van der Waals surface area contributed by atoms with Gasteiger partial charge in [-0.15, -0.1) is 0 Å². The number of anilines is 1. The van der Waals surface area contributed by atoms with Crippen LogP contribution in [-0.2, 0) is 14.3 Å². The van der Waals surface area contributed by atoms with Gasteiger partial charge in [-0.25, -0.2) is 0 Å². The van der Waals surface area contributed by atoms with Gasteiger partial charge in [-0.05, 0) is 12.1 Å². The quantitative estimate of drug-likeness (QED) is 0.833. The van der Waals surface area contributed by atoms with Gasteiger partial charge in [0.05, 0.1) is 11.3 Å². The summed E-state index contributed by atoms with van der Waals surface area (Å²) in [5.41, 5.74) is 0.855. The lowest BCUT2D eigenvalue weighted by atomic mass is 10.2. The van der Waals surface area contributed by atoms with Crippen LogP contribution < -0.4 is 5.32 Å². The third kappa shape index (κ3) is 2.55. The summed E-state index contributed by atoms with van der Waals surface area (Å²) in [7, 11) is 0. The number of nitrogens with one attached hydrogen (secondary N) is 1. The molecule has 17 heavy (non-hydrogen) atoms. The minimum atomic E-state index is -0.424. The van der Waals surface area contributed by atoms with Crippen LogP contribution in [0.1, 0.15) is 5.56 Å². The van der Waals surface area contributed by atoms with Crippen LogP contribution in [0.5, 0.6) is 0 Å². The third-order valence-corrected chi connectivity index (χ3v) is 2.17.